The summed E-state index contributed by atoms with van der Waals surface area (Å²) in [5, 5.41) is 3.63. The number of carbonyl (C=O) groups excluding carboxylic acids is 1. The molecule has 23 heavy (non-hydrogen) atoms. The molecule has 2 aromatic heterocycles. The quantitative estimate of drug-likeness (QED) is 0.734. The minimum atomic E-state index is -0.497. The molecular formula is C16H14N4O3. The van der Waals surface area contributed by atoms with Crippen molar-refractivity contribution >= 4 is 16.8 Å². The Balaban J connectivity index is 1.66. The molecule has 0 saturated heterocycles. The Kier molecular flexibility index (Phi) is 4.01. The lowest BCUT2D eigenvalue weighted by molar-refractivity contribution is 0.0952. The highest BCUT2D eigenvalue weighted by molar-refractivity contribution is 5.97. The molecule has 0 aliphatic rings. The van der Waals surface area contributed by atoms with E-state index in [0.29, 0.717) is 5.56 Å². The molecular weight excluding hydrogens is 296 g/mol. The lowest BCUT2D eigenvalue weighted by Gasteiger charge is -2.07. The van der Waals surface area contributed by atoms with Gasteiger partial charge in [0.1, 0.15) is 0 Å². The van der Waals surface area contributed by atoms with Gasteiger partial charge in [-0.25, -0.2) is 4.79 Å². The van der Waals surface area contributed by atoms with Crippen LogP contribution in [0, 0.1) is 0 Å². The highest BCUT2D eigenvalue weighted by Gasteiger charge is 2.06. The Hall–Kier alpha value is -3.22. The fourth-order valence-corrected chi connectivity index (χ4v) is 2.23. The summed E-state index contributed by atoms with van der Waals surface area (Å²) >= 11 is 0. The van der Waals surface area contributed by atoms with Gasteiger partial charge in [0.2, 0.25) is 0 Å². The van der Waals surface area contributed by atoms with E-state index in [1.54, 1.807) is 24.4 Å². The van der Waals surface area contributed by atoms with Crippen molar-refractivity contribution in [3.05, 3.63) is 75.2 Å². The number of nitrogens with one attached hydrogen (secondary N) is 2. The molecule has 1 amide bonds. The number of hydrogen-bond donors (Lipinski definition) is 2. The Morgan fingerprint density at radius 1 is 1.22 bits per heavy atom. The molecule has 0 saturated carbocycles. The van der Waals surface area contributed by atoms with Gasteiger partial charge in [0.25, 0.3) is 11.5 Å². The maximum Gasteiger partial charge on any atom is 0.328 e. The van der Waals surface area contributed by atoms with Crippen LogP contribution in [0.4, 0.5) is 0 Å². The van der Waals surface area contributed by atoms with E-state index < -0.39 is 11.2 Å². The van der Waals surface area contributed by atoms with E-state index in [-0.39, 0.29) is 19.0 Å². The molecule has 2 heterocycles. The molecule has 3 aromatic rings. The third kappa shape index (κ3) is 3.34. The smallest absolute Gasteiger partial charge is 0.328 e. The molecule has 0 radical (unpaired) electrons. The summed E-state index contributed by atoms with van der Waals surface area (Å²) < 4.78 is 1.33. The Morgan fingerprint density at radius 3 is 2.91 bits per heavy atom. The van der Waals surface area contributed by atoms with Gasteiger partial charge in [-0.15, -0.1) is 0 Å². The molecule has 0 fully saturated rings. The SMILES string of the molecule is O=C(NCCn1ccc(=O)[nH]c1=O)c1ccc2ncccc2c1. The van der Waals surface area contributed by atoms with Crippen LogP contribution in [0.15, 0.2) is 58.4 Å². The van der Waals surface area contributed by atoms with Crippen molar-refractivity contribution in [3.8, 4) is 0 Å². The predicted octanol–water partition coefficient (Wildman–Crippen LogP) is 0.515. The van der Waals surface area contributed by atoms with Crippen LogP contribution in [0.5, 0.6) is 0 Å². The van der Waals surface area contributed by atoms with E-state index in [4.69, 9.17) is 0 Å². The second-order valence-electron chi connectivity index (χ2n) is 4.97. The van der Waals surface area contributed by atoms with Gasteiger partial charge >= 0.3 is 5.69 Å². The van der Waals surface area contributed by atoms with Crippen LogP contribution in [0.1, 0.15) is 10.4 Å². The van der Waals surface area contributed by atoms with E-state index in [1.807, 2.05) is 12.1 Å². The maximum atomic E-state index is 12.1. The van der Waals surface area contributed by atoms with Crippen molar-refractivity contribution in [2.24, 2.45) is 0 Å². The van der Waals surface area contributed by atoms with Crippen LogP contribution in [0.3, 0.4) is 0 Å². The van der Waals surface area contributed by atoms with Crippen molar-refractivity contribution in [1.29, 1.82) is 0 Å². The molecule has 0 aliphatic heterocycles. The minimum absolute atomic E-state index is 0.228. The van der Waals surface area contributed by atoms with Gasteiger partial charge in [0.05, 0.1) is 5.52 Å². The number of fused-ring (bicyclic) bond motifs is 1. The third-order valence-electron chi connectivity index (χ3n) is 3.40. The lowest BCUT2D eigenvalue weighted by atomic mass is 10.1. The minimum Gasteiger partial charge on any atom is -0.350 e. The summed E-state index contributed by atoms with van der Waals surface area (Å²) in [6.45, 7) is 0.548. The van der Waals surface area contributed by atoms with Gasteiger partial charge in [-0.2, -0.15) is 0 Å². The molecule has 0 aliphatic carbocycles. The van der Waals surface area contributed by atoms with Gasteiger partial charge in [-0.1, -0.05) is 6.07 Å². The summed E-state index contributed by atoms with van der Waals surface area (Å²) in [4.78, 5) is 41.0. The molecule has 7 heteroatoms. The number of aromatic nitrogens is 3. The molecule has 3 rings (SSSR count). The topological polar surface area (TPSA) is 96.9 Å². The Bertz CT molecular complexity index is 974. The first kappa shape index (κ1) is 14.7. The molecule has 1 aromatic carbocycles. The summed E-state index contributed by atoms with van der Waals surface area (Å²) in [6.07, 6.45) is 3.10. The van der Waals surface area contributed by atoms with Gasteiger partial charge in [-0.3, -0.25) is 24.1 Å². The van der Waals surface area contributed by atoms with Gasteiger partial charge in [0, 0.05) is 42.5 Å². The van der Waals surface area contributed by atoms with E-state index in [1.165, 1.54) is 16.8 Å². The molecule has 0 atom stereocenters. The van der Waals surface area contributed by atoms with E-state index in [9.17, 15) is 14.4 Å². The molecule has 0 bridgehead atoms. The monoisotopic (exact) mass is 310 g/mol. The van der Waals surface area contributed by atoms with E-state index in [2.05, 4.69) is 15.3 Å². The van der Waals surface area contributed by atoms with Crippen LogP contribution >= 0.6 is 0 Å². The highest BCUT2D eigenvalue weighted by Crippen LogP contribution is 2.13. The number of rotatable bonds is 4. The van der Waals surface area contributed by atoms with Gasteiger partial charge in [-0.05, 0) is 24.3 Å². The van der Waals surface area contributed by atoms with E-state index >= 15 is 0 Å². The van der Waals surface area contributed by atoms with Crippen LogP contribution in [0.2, 0.25) is 0 Å². The largest absolute Gasteiger partial charge is 0.350 e. The van der Waals surface area contributed by atoms with Crippen LogP contribution in [-0.4, -0.2) is 27.0 Å². The maximum absolute atomic E-state index is 12.1. The molecule has 2 N–H and O–H groups in total. The Morgan fingerprint density at radius 2 is 2.09 bits per heavy atom. The number of pyridine rings is 1. The van der Waals surface area contributed by atoms with Crippen LogP contribution in [0.25, 0.3) is 10.9 Å². The van der Waals surface area contributed by atoms with Crippen molar-refractivity contribution < 1.29 is 4.79 Å². The number of benzene rings is 1. The normalized spacial score (nSPS) is 10.6. The van der Waals surface area contributed by atoms with Gasteiger partial charge in [0.15, 0.2) is 0 Å². The number of H-pyrrole nitrogens is 1. The summed E-state index contributed by atoms with van der Waals surface area (Å²) in [7, 11) is 0. The number of aromatic amines is 1. The molecule has 7 nitrogen and oxygen atoms in total. The first-order valence-electron chi connectivity index (χ1n) is 7.06. The fourth-order valence-electron chi connectivity index (χ4n) is 2.23. The van der Waals surface area contributed by atoms with E-state index in [0.717, 1.165) is 10.9 Å². The average Bonchev–Trinajstić information content (AvgIpc) is 2.56. The van der Waals surface area contributed by atoms with Crippen molar-refractivity contribution in [1.82, 2.24) is 19.9 Å². The second kappa shape index (κ2) is 6.27. The zero-order chi connectivity index (χ0) is 16.2. The second-order valence-corrected chi connectivity index (χ2v) is 4.97. The number of carbonyl (C=O) groups is 1. The first-order valence-corrected chi connectivity index (χ1v) is 7.06. The highest BCUT2D eigenvalue weighted by atomic mass is 16.2. The zero-order valence-corrected chi connectivity index (χ0v) is 12.2. The summed E-state index contributed by atoms with van der Waals surface area (Å²) in [6, 6.07) is 10.2. The molecule has 0 unspecified atom stereocenters. The third-order valence-corrected chi connectivity index (χ3v) is 3.40. The van der Waals surface area contributed by atoms with Crippen molar-refractivity contribution in [2.45, 2.75) is 6.54 Å². The van der Waals surface area contributed by atoms with Crippen LogP contribution in [-0.2, 0) is 6.54 Å². The zero-order valence-electron chi connectivity index (χ0n) is 12.2. The van der Waals surface area contributed by atoms with Gasteiger partial charge < -0.3 is 5.32 Å². The number of amides is 1. The van der Waals surface area contributed by atoms with Crippen molar-refractivity contribution in [2.75, 3.05) is 6.54 Å². The number of hydrogen-bond acceptors (Lipinski definition) is 4. The number of nitrogens with zero attached hydrogens (tertiary/aromatic N) is 2. The van der Waals surface area contributed by atoms with Crippen LogP contribution < -0.4 is 16.6 Å². The predicted molar refractivity (Wildman–Crippen MR) is 85.4 cm³/mol. The Labute approximate surface area is 130 Å². The van der Waals surface area contributed by atoms with Crippen molar-refractivity contribution in [3.63, 3.8) is 0 Å². The average molecular weight is 310 g/mol. The molecule has 0 spiro atoms. The first-order chi connectivity index (χ1) is 11.1. The molecule has 116 valence electrons. The standard InChI is InChI=1S/C16H14N4O3/c21-14-5-8-20(16(23)19-14)9-7-18-15(22)12-3-4-13-11(10-12)2-1-6-17-13/h1-6,8,10H,7,9H2,(H,18,22)(H,19,21,23). The summed E-state index contributed by atoms with van der Waals surface area (Å²) in [5.74, 6) is -0.228. The summed E-state index contributed by atoms with van der Waals surface area (Å²) in [5.41, 5.74) is 0.409. The fraction of sp³-hybridized carbons (Fsp3) is 0.125. The lowest BCUT2D eigenvalue weighted by Crippen LogP contribution is -2.33.